The Hall–Kier alpha value is -0.830. The summed E-state index contributed by atoms with van der Waals surface area (Å²) in [5.41, 5.74) is 6.43. The molecule has 0 radical (unpaired) electrons. The van der Waals surface area contributed by atoms with Crippen molar-refractivity contribution < 1.29 is 4.52 Å². The standard InChI is InChI=1S/C8H14N2O/c1-5(2)8-4-7(6(3)9)10-11-8/h4-6H,9H2,1-3H3. The van der Waals surface area contributed by atoms with Crippen molar-refractivity contribution in [2.45, 2.75) is 32.7 Å². The second-order valence-electron chi connectivity index (χ2n) is 3.10. The molecule has 0 saturated heterocycles. The maximum atomic E-state index is 5.60. The smallest absolute Gasteiger partial charge is 0.139 e. The first-order valence-corrected chi connectivity index (χ1v) is 3.83. The zero-order valence-electron chi connectivity index (χ0n) is 7.16. The minimum Gasteiger partial charge on any atom is -0.361 e. The summed E-state index contributed by atoms with van der Waals surface area (Å²) in [6.07, 6.45) is 0. The van der Waals surface area contributed by atoms with Gasteiger partial charge in [-0.25, -0.2) is 0 Å². The summed E-state index contributed by atoms with van der Waals surface area (Å²) < 4.78 is 5.06. The van der Waals surface area contributed by atoms with Crippen LogP contribution in [0.25, 0.3) is 0 Å². The van der Waals surface area contributed by atoms with Gasteiger partial charge >= 0.3 is 0 Å². The van der Waals surface area contributed by atoms with E-state index >= 15 is 0 Å². The van der Waals surface area contributed by atoms with Crippen LogP contribution in [-0.2, 0) is 0 Å². The van der Waals surface area contributed by atoms with Gasteiger partial charge in [-0.3, -0.25) is 0 Å². The van der Waals surface area contributed by atoms with Gasteiger partial charge in [0.1, 0.15) is 11.5 Å². The average Bonchev–Trinajstić information content (AvgIpc) is 2.33. The van der Waals surface area contributed by atoms with Gasteiger partial charge in [0, 0.05) is 18.0 Å². The fourth-order valence-electron chi connectivity index (χ4n) is 0.791. The maximum Gasteiger partial charge on any atom is 0.139 e. The Kier molecular flexibility index (Phi) is 2.29. The highest BCUT2D eigenvalue weighted by Gasteiger charge is 2.09. The highest BCUT2D eigenvalue weighted by Crippen LogP contribution is 2.17. The molecule has 3 nitrogen and oxygen atoms in total. The van der Waals surface area contributed by atoms with Gasteiger partial charge < -0.3 is 10.3 Å². The van der Waals surface area contributed by atoms with Crippen molar-refractivity contribution in [3.63, 3.8) is 0 Å². The molecule has 0 bridgehead atoms. The van der Waals surface area contributed by atoms with Crippen LogP contribution in [0.4, 0.5) is 0 Å². The molecular weight excluding hydrogens is 140 g/mol. The molecule has 1 unspecified atom stereocenters. The van der Waals surface area contributed by atoms with E-state index in [1.807, 2.05) is 13.0 Å². The molecule has 0 aliphatic rings. The van der Waals surface area contributed by atoms with Crippen LogP contribution in [0.15, 0.2) is 10.6 Å². The second kappa shape index (κ2) is 3.05. The number of aromatic nitrogens is 1. The predicted octanol–water partition coefficient (Wildman–Crippen LogP) is 1.82. The third kappa shape index (κ3) is 1.80. The third-order valence-electron chi connectivity index (χ3n) is 1.58. The van der Waals surface area contributed by atoms with Crippen molar-refractivity contribution in [1.29, 1.82) is 0 Å². The lowest BCUT2D eigenvalue weighted by Gasteiger charge is -1.95. The summed E-state index contributed by atoms with van der Waals surface area (Å²) in [5.74, 6) is 1.28. The van der Waals surface area contributed by atoms with E-state index in [9.17, 15) is 0 Å². The van der Waals surface area contributed by atoms with Gasteiger partial charge in [-0.2, -0.15) is 0 Å². The molecule has 0 aromatic carbocycles. The van der Waals surface area contributed by atoms with E-state index < -0.39 is 0 Å². The molecule has 0 aliphatic carbocycles. The van der Waals surface area contributed by atoms with Crippen LogP contribution in [0.2, 0.25) is 0 Å². The molecule has 0 saturated carbocycles. The van der Waals surface area contributed by atoms with Gasteiger partial charge in [0.2, 0.25) is 0 Å². The zero-order valence-corrected chi connectivity index (χ0v) is 7.16. The van der Waals surface area contributed by atoms with Gasteiger partial charge in [-0.05, 0) is 6.92 Å². The second-order valence-corrected chi connectivity index (χ2v) is 3.10. The molecule has 0 aliphatic heterocycles. The van der Waals surface area contributed by atoms with E-state index in [-0.39, 0.29) is 6.04 Å². The number of hydrogen-bond acceptors (Lipinski definition) is 3. The number of hydrogen-bond donors (Lipinski definition) is 1. The fraction of sp³-hybridized carbons (Fsp3) is 0.625. The Morgan fingerprint density at radius 3 is 2.36 bits per heavy atom. The summed E-state index contributed by atoms with van der Waals surface area (Å²) in [4.78, 5) is 0. The molecule has 62 valence electrons. The molecule has 3 heteroatoms. The summed E-state index contributed by atoms with van der Waals surface area (Å²) in [6, 6.07) is 1.88. The van der Waals surface area contributed by atoms with E-state index in [1.54, 1.807) is 0 Å². The Labute approximate surface area is 66.6 Å². The van der Waals surface area contributed by atoms with E-state index in [2.05, 4.69) is 19.0 Å². The van der Waals surface area contributed by atoms with Crippen molar-refractivity contribution in [2.24, 2.45) is 5.73 Å². The molecular formula is C8H14N2O. The van der Waals surface area contributed by atoms with Crippen LogP contribution in [0, 0.1) is 0 Å². The maximum absolute atomic E-state index is 5.60. The summed E-state index contributed by atoms with van der Waals surface area (Å²) in [7, 11) is 0. The Morgan fingerprint density at radius 1 is 1.45 bits per heavy atom. The molecule has 1 aromatic rings. The van der Waals surface area contributed by atoms with Crippen LogP contribution in [0.1, 0.15) is 44.2 Å². The van der Waals surface area contributed by atoms with Crippen molar-refractivity contribution >= 4 is 0 Å². The molecule has 1 rings (SSSR count). The van der Waals surface area contributed by atoms with Crippen molar-refractivity contribution in [1.82, 2.24) is 5.16 Å². The summed E-state index contributed by atoms with van der Waals surface area (Å²) in [6.45, 7) is 6.01. The normalized spacial score (nSPS) is 13.9. The Bertz CT molecular complexity index is 205. The number of rotatable bonds is 2. The van der Waals surface area contributed by atoms with Crippen molar-refractivity contribution in [3.05, 3.63) is 17.5 Å². The number of nitrogens with zero attached hydrogens (tertiary/aromatic N) is 1. The van der Waals surface area contributed by atoms with Gasteiger partial charge in [-0.1, -0.05) is 19.0 Å². The average molecular weight is 154 g/mol. The number of nitrogens with two attached hydrogens (primary N) is 1. The minimum absolute atomic E-state index is 0.0359. The lowest BCUT2D eigenvalue weighted by molar-refractivity contribution is 0.363. The molecule has 0 amide bonds. The van der Waals surface area contributed by atoms with Crippen LogP contribution < -0.4 is 5.73 Å². The topological polar surface area (TPSA) is 52.0 Å². The van der Waals surface area contributed by atoms with E-state index in [0.717, 1.165) is 11.5 Å². The van der Waals surface area contributed by atoms with Gasteiger partial charge in [0.05, 0.1) is 0 Å². The minimum atomic E-state index is -0.0359. The van der Waals surface area contributed by atoms with Crippen molar-refractivity contribution in [3.8, 4) is 0 Å². The van der Waals surface area contributed by atoms with Crippen LogP contribution >= 0.6 is 0 Å². The first kappa shape index (κ1) is 8.27. The van der Waals surface area contributed by atoms with Gasteiger partial charge in [0.15, 0.2) is 0 Å². The van der Waals surface area contributed by atoms with E-state index in [0.29, 0.717) is 5.92 Å². The fourth-order valence-corrected chi connectivity index (χ4v) is 0.791. The quantitative estimate of drug-likeness (QED) is 0.706. The summed E-state index contributed by atoms with van der Waals surface area (Å²) >= 11 is 0. The van der Waals surface area contributed by atoms with E-state index in [1.165, 1.54) is 0 Å². The highest BCUT2D eigenvalue weighted by atomic mass is 16.5. The lowest BCUT2D eigenvalue weighted by Crippen LogP contribution is -2.04. The molecule has 1 heterocycles. The third-order valence-corrected chi connectivity index (χ3v) is 1.58. The zero-order chi connectivity index (χ0) is 8.43. The SMILES string of the molecule is CC(C)c1cc(C(C)N)no1. The molecule has 0 spiro atoms. The van der Waals surface area contributed by atoms with Gasteiger partial charge in [0.25, 0.3) is 0 Å². The first-order chi connectivity index (χ1) is 5.11. The predicted molar refractivity (Wildman–Crippen MR) is 43.2 cm³/mol. The van der Waals surface area contributed by atoms with Crippen LogP contribution in [0.3, 0.4) is 0 Å². The molecule has 2 N–H and O–H groups in total. The summed E-state index contributed by atoms with van der Waals surface area (Å²) in [5, 5.41) is 3.84. The lowest BCUT2D eigenvalue weighted by atomic mass is 10.1. The van der Waals surface area contributed by atoms with Crippen molar-refractivity contribution in [2.75, 3.05) is 0 Å². The molecule has 0 fully saturated rings. The van der Waals surface area contributed by atoms with Gasteiger partial charge in [-0.15, -0.1) is 0 Å². The highest BCUT2D eigenvalue weighted by molar-refractivity contribution is 5.10. The molecule has 1 aromatic heterocycles. The monoisotopic (exact) mass is 154 g/mol. The van der Waals surface area contributed by atoms with E-state index in [4.69, 9.17) is 10.3 Å². The molecule has 1 atom stereocenters. The largest absolute Gasteiger partial charge is 0.361 e. The Morgan fingerprint density at radius 2 is 2.09 bits per heavy atom. The van der Waals surface area contributed by atoms with Crippen LogP contribution in [0.5, 0.6) is 0 Å². The van der Waals surface area contributed by atoms with Crippen LogP contribution in [-0.4, -0.2) is 5.16 Å². The first-order valence-electron chi connectivity index (χ1n) is 3.83. The Balaban J connectivity index is 2.82. The molecule has 11 heavy (non-hydrogen) atoms.